The Kier molecular flexibility index (Phi) is 4.63. The van der Waals surface area contributed by atoms with Crippen LogP contribution in [0.25, 0.3) is 0 Å². The molecule has 0 atom stereocenters. The van der Waals surface area contributed by atoms with Crippen LogP contribution in [0.4, 0.5) is 10.5 Å². The Balaban J connectivity index is 1.80. The smallest absolute Gasteiger partial charge is 0.319 e. The fourth-order valence-corrected chi connectivity index (χ4v) is 2.29. The van der Waals surface area contributed by atoms with Gasteiger partial charge in [-0.25, -0.2) is 4.79 Å². The summed E-state index contributed by atoms with van der Waals surface area (Å²) < 4.78 is 5.07. The molecule has 5 nitrogen and oxygen atoms in total. The summed E-state index contributed by atoms with van der Waals surface area (Å²) in [5.74, 6) is 0.771. The number of anilines is 1. The second kappa shape index (κ2) is 6.43. The van der Waals surface area contributed by atoms with Crippen molar-refractivity contribution in [1.29, 1.82) is 0 Å². The number of urea groups is 1. The Labute approximate surface area is 113 Å². The van der Waals surface area contributed by atoms with Crippen molar-refractivity contribution in [1.82, 2.24) is 5.32 Å². The number of carbonyl (C=O) groups is 1. The highest BCUT2D eigenvalue weighted by Gasteiger charge is 2.19. The molecule has 0 saturated heterocycles. The molecule has 1 fully saturated rings. The largest absolute Gasteiger partial charge is 0.497 e. The van der Waals surface area contributed by atoms with Crippen LogP contribution in [0.5, 0.6) is 5.75 Å². The molecule has 1 aliphatic carbocycles. The first-order valence-corrected chi connectivity index (χ1v) is 6.64. The molecule has 0 heterocycles. The lowest BCUT2D eigenvalue weighted by Gasteiger charge is -2.26. The van der Waals surface area contributed by atoms with Gasteiger partial charge in [-0.15, -0.1) is 0 Å². The zero-order chi connectivity index (χ0) is 13.7. The van der Waals surface area contributed by atoms with E-state index in [1.165, 1.54) is 0 Å². The van der Waals surface area contributed by atoms with Gasteiger partial charge in [0.25, 0.3) is 0 Å². The molecule has 1 saturated carbocycles. The molecule has 0 spiro atoms. The van der Waals surface area contributed by atoms with Gasteiger partial charge in [0, 0.05) is 17.8 Å². The normalized spacial score (nSPS) is 22.6. The summed E-state index contributed by atoms with van der Waals surface area (Å²) in [4.78, 5) is 11.8. The maximum absolute atomic E-state index is 11.8. The molecular formula is C14H21N3O2. The number of hydrogen-bond donors (Lipinski definition) is 3. The Hall–Kier alpha value is -1.75. The van der Waals surface area contributed by atoms with Crippen LogP contribution < -0.4 is 21.1 Å². The van der Waals surface area contributed by atoms with Crippen LogP contribution in [0, 0.1) is 0 Å². The maximum Gasteiger partial charge on any atom is 0.319 e. The number of nitrogens with one attached hydrogen (secondary N) is 2. The van der Waals surface area contributed by atoms with Gasteiger partial charge in [0.2, 0.25) is 0 Å². The summed E-state index contributed by atoms with van der Waals surface area (Å²) in [6.45, 7) is 0. The van der Waals surface area contributed by atoms with E-state index in [4.69, 9.17) is 10.5 Å². The van der Waals surface area contributed by atoms with Crippen molar-refractivity contribution in [2.45, 2.75) is 37.8 Å². The average Bonchev–Trinajstić information content (AvgIpc) is 2.42. The fourth-order valence-electron chi connectivity index (χ4n) is 2.29. The second-order valence-electron chi connectivity index (χ2n) is 4.94. The van der Waals surface area contributed by atoms with Crippen LogP contribution in [0.3, 0.4) is 0 Å². The molecular weight excluding hydrogens is 242 g/mol. The standard InChI is InChI=1S/C14H21N3O2/c1-19-13-8-6-12(7-9-13)17-14(18)16-11-4-2-10(15)3-5-11/h6-11H,2-5,15H2,1H3,(H2,16,17,18). The minimum atomic E-state index is -0.161. The number of rotatable bonds is 3. The lowest BCUT2D eigenvalue weighted by Crippen LogP contribution is -2.42. The number of carbonyl (C=O) groups excluding carboxylic acids is 1. The highest BCUT2D eigenvalue weighted by Crippen LogP contribution is 2.18. The molecule has 0 bridgehead atoms. The number of nitrogens with two attached hydrogens (primary N) is 1. The first-order valence-electron chi connectivity index (χ1n) is 6.64. The summed E-state index contributed by atoms with van der Waals surface area (Å²) >= 11 is 0. The Morgan fingerprint density at radius 1 is 1.21 bits per heavy atom. The molecule has 4 N–H and O–H groups in total. The Morgan fingerprint density at radius 3 is 2.42 bits per heavy atom. The monoisotopic (exact) mass is 263 g/mol. The van der Waals surface area contributed by atoms with Crippen molar-refractivity contribution in [2.75, 3.05) is 12.4 Å². The highest BCUT2D eigenvalue weighted by atomic mass is 16.5. The van der Waals surface area contributed by atoms with Crippen LogP contribution in [0.15, 0.2) is 24.3 Å². The second-order valence-corrected chi connectivity index (χ2v) is 4.94. The first kappa shape index (κ1) is 13.7. The average molecular weight is 263 g/mol. The predicted molar refractivity (Wildman–Crippen MR) is 75.4 cm³/mol. The lowest BCUT2D eigenvalue weighted by atomic mass is 9.92. The summed E-state index contributed by atoms with van der Waals surface area (Å²) in [5.41, 5.74) is 6.59. The molecule has 0 aliphatic heterocycles. The molecule has 1 aromatic carbocycles. The van der Waals surface area contributed by atoms with Crippen molar-refractivity contribution in [2.24, 2.45) is 5.73 Å². The van der Waals surface area contributed by atoms with E-state index in [1.807, 2.05) is 24.3 Å². The molecule has 0 aromatic heterocycles. The third-order valence-electron chi connectivity index (χ3n) is 3.45. The maximum atomic E-state index is 11.8. The van der Waals surface area contributed by atoms with Crippen LogP contribution >= 0.6 is 0 Å². The third-order valence-corrected chi connectivity index (χ3v) is 3.45. The van der Waals surface area contributed by atoms with Gasteiger partial charge in [-0.1, -0.05) is 0 Å². The van der Waals surface area contributed by atoms with Gasteiger partial charge >= 0.3 is 6.03 Å². The summed E-state index contributed by atoms with van der Waals surface area (Å²) in [7, 11) is 1.61. The predicted octanol–water partition coefficient (Wildman–Crippen LogP) is 2.09. The van der Waals surface area contributed by atoms with E-state index in [1.54, 1.807) is 7.11 Å². The molecule has 0 radical (unpaired) electrons. The van der Waals surface area contributed by atoms with Gasteiger partial charge in [0.05, 0.1) is 7.11 Å². The van der Waals surface area contributed by atoms with Crippen LogP contribution in [0.1, 0.15) is 25.7 Å². The number of hydrogen-bond acceptors (Lipinski definition) is 3. The van der Waals surface area contributed by atoms with Gasteiger partial charge in [-0.05, 0) is 49.9 Å². The van der Waals surface area contributed by atoms with Crippen LogP contribution in [-0.2, 0) is 0 Å². The quantitative estimate of drug-likeness (QED) is 0.781. The molecule has 5 heteroatoms. The van der Waals surface area contributed by atoms with Gasteiger partial charge in [0.1, 0.15) is 5.75 Å². The Bertz CT molecular complexity index is 411. The van der Waals surface area contributed by atoms with E-state index in [0.29, 0.717) is 6.04 Å². The molecule has 2 rings (SSSR count). The molecule has 104 valence electrons. The van der Waals surface area contributed by atoms with E-state index in [0.717, 1.165) is 37.1 Å². The van der Waals surface area contributed by atoms with Gasteiger partial charge in [0.15, 0.2) is 0 Å². The summed E-state index contributed by atoms with van der Waals surface area (Å²) in [6, 6.07) is 7.63. The lowest BCUT2D eigenvalue weighted by molar-refractivity contribution is 0.242. The van der Waals surface area contributed by atoms with Gasteiger partial charge in [-0.2, -0.15) is 0 Å². The van der Waals surface area contributed by atoms with Crippen LogP contribution in [-0.4, -0.2) is 25.2 Å². The van der Waals surface area contributed by atoms with Crippen molar-refractivity contribution in [3.8, 4) is 5.75 Å². The zero-order valence-electron chi connectivity index (χ0n) is 11.2. The van der Waals surface area contributed by atoms with E-state index in [2.05, 4.69) is 10.6 Å². The molecule has 19 heavy (non-hydrogen) atoms. The minimum absolute atomic E-state index is 0.161. The summed E-state index contributed by atoms with van der Waals surface area (Å²) in [6.07, 6.45) is 3.87. The zero-order valence-corrected chi connectivity index (χ0v) is 11.2. The summed E-state index contributed by atoms with van der Waals surface area (Å²) in [5, 5.41) is 5.79. The Morgan fingerprint density at radius 2 is 1.84 bits per heavy atom. The van der Waals surface area contributed by atoms with E-state index in [9.17, 15) is 4.79 Å². The van der Waals surface area contributed by atoms with Crippen LogP contribution in [0.2, 0.25) is 0 Å². The third kappa shape index (κ3) is 4.13. The van der Waals surface area contributed by atoms with E-state index >= 15 is 0 Å². The van der Waals surface area contributed by atoms with Gasteiger partial charge < -0.3 is 21.1 Å². The highest BCUT2D eigenvalue weighted by molar-refractivity contribution is 5.89. The molecule has 2 amide bonds. The van der Waals surface area contributed by atoms with E-state index < -0.39 is 0 Å². The van der Waals surface area contributed by atoms with Crippen molar-refractivity contribution in [3.63, 3.8) is 0 Å². The van der Waals surface area contributed by atoms with Gasteiger partial charge in [-0.3, -0.25) is 0 Å². The minimum Gasteiger partial charge on any atom is -0.497 e. The van der Waals surface area contributed by atoms with E-state index in [-0.39, 0.29) is 12.1 Å². The fraction of sp³-hybridized carbons (Fsp3) is 0.500. The topological polar surface area (TPSA) is 76.4 Å². The number of amides is 2. The van der Waals surface area contributed by atoms with Crippen molar-refractivity contribution >= 4 is 11.7 Å². The number of benzene rings is 1. The number of methoxy groups -OCH3 is 1. The number of ether oxygens (including phenoxy) is 1. The van der Waals surface area contributed by atoms with Crippen molar-refractivity contribution in [3.05, 3.63) is 24.3 Å². The van der Waals surface area contributed by atoms with Crippen molar-refractivity contribution < 1.29 is 9.53 Å². The molecule has 1 aliphatic rings. The first-order chi connectivity index (χ1) is 9.17. The molecule has 1 aromatic rings. The SMILES string of the molecule is COc1ccc(NC(=O)NC2CCC(N)CC2)cc1. The molecule has 0 unspecified atom stereocenters.